The fraction of sp³-hybridized carbons (Fsp3) is 0.400. The van der Waals surface area contributed by atoms with Gasteiger partial charge < -0.3 is 20.2 Å². The van der Waals surface area contributed by atoms with Crippen LogP contribution in [-0.2, 0) is 4.79 Å². The molecule has 2 atom stereocenters. The normalized spacial score (nSPS) is 13.1. The largest absolute Gasteiger partial charge is 0.473 e. The van der Waals surface area contributed by atoms with Gasteiger partial charge in [-0.15, -0.1) is 0 Å². The Bertz CT molecular complexity index is 730. The maximum Gasteiger partial charge on any atom is 0.406 e. The molecular formula is C15H19N5O4. The summed E-state index contributed by atoms with van der Waals surface area (Å²) in [5, 5.41) is 17.8. The minimum Gasteiger partial charge on any atom is -0.473 e. The molecule has 2 heterocycles. The predicted octanol–water partition coefficient (Wildman–Crippen LogP) is 2.56. The first kappa shape index (κ1) is 17.4. The maximum absolute atomic E-state index is 12.3. The number of rotatable bonds is 7. The number of hydrogen-bond acceptors (Lipinski definition) is 6. The van der Waals surface area contributed by atoms with Crippen LogP contribution in [0.25, 0.3) is 0 Å². The van der Waals surface area contributed by atoms with E-state index in [1.54, 1.807) is 16.9 Å². The molecule has 0 fully saturated rings. The molecule has 0 aliphatic rings. The van der Waals surface area contributed by atoms with Gasteiger partial charge in [0.2, 0.25) is 5.75 Å². The lowest BCUT2D eigenvalue weighted by Gasteiger charge is -2.17. The van der Waals surface area contributed by atoms with Crippen molar-refractivity contribution in [3.05, 3.63) is 40.7 Å². The van der Waals surface area contributed by atoms with Crippen molar-refractivity contribution in [1.29, 1.82) is 0 Å². The Morgan fingerprint density at radius 3 is 2.83 bits per heavy atom. The molecule has 0 spiro atoms. The minimum absolute atomic E-state index is 0.0550. The number of aromatic nitrogens is 3. The lowest BCUT2D eigenvalue weighted by atomic mass is 10.3. The fourth-order valence-corrected chi connectivity index (χ4v) is 2.02. The summed E-state index contributed by atoms with van der Waals surface area (Å²) < 4.78 is 7.10. The van der Waals surface area contributed by atoms with Crippen LogP contribution in [0, 0.1) is 10.1 Å². The van der Waals surface area contributed by atoms with Crippen LogP contribution in [0.1, 0.15) is 33.2 Å². The highest BCUT2D eigenvalue weighted by Crippen LogP contribution is 2.24. The first-order valence-corrected chi connectivity index (χ1v) is 7.54. The van der Waals surface area contributed by atoms with Crippen molar-refractivity contribution in [3.63, 3.8) is 0 Å². The van der Waals surface area contributed by atoms with Crippen molar-refractivity contribution >= 4 is 17.5 Å². The van der Waals surface area contributed by atoms with E-state index in [9.17, 15) is 14.9 Å². The average Bonchev–Trinajstić information content (AvgIpc) is 3.02. The molecular weight excluding hydrogens is 314 g/mol. The Morgan fingerprint density at radius 1 is 1.42 bits per heavy atom. The quantitative estimate of drug-likeness (QED) is 0.615. The predicted molar refractivity (Wildman–Crippen MR) is 86.8 cm³/mol. The van der Waals surface area contributed by atoms with Crippen LogP contribution in [0.2, 0.25) is 0 Å². The number of carbonyl (C=O) groups excluding carboxylic acids is 1. The number of pyridine rings is 1. The van der Waals surface area contributed by atoms with E-state index in [0.717, 1.165) is 6.42 Å². The second kappa shape index (κ2) is 7.53. The van der Waals surface area contributed by atoms with Gasteiger partial charge in [0.05, 0.1) is 12.2 Å². The number of ether oxygens (including phenoxy) is 1. The first-order valence-electron chi connectivity index (χ1n) is 7.54. The zero-order valence-electron chi connectivity index (χ0n) is 13.7. The van der Waals surface area contributed by atoms with E-state index in [0.29, 0.717) is 5.82 Å². The molecule has 9 heteroatoms. The maximum atomic E-state index is 12.3. The molecule has 0 radical (unpaired) electrons. The summed E-state index contributed by atoms with van der Waals surface area (Å²) in [5.41, 5.74) is 0. The number of hydrogen-bond donors (Lipinski definition) is 1. The van der Waals surface area contributed by atoms with Crippen LogP contribution < -0.4 is 10.1 Å². The summed E-state index contributed by atoms with van der Waals surface area (Å²) in [6.07, 6.45) is 2.81. The first-order chi connectivity index (χ1) is 11.4. The number of amides is 1. The van der Waals surface area contributed by atoms with Crippen LogP contribution in [0.4, 0.5) is 11.6 Å². The molecule has 2 aromatic heterocycles. The van der Waals surface area contributed by atoms with Gasteiger partial charge in [-0.1, -0.05) is 6.92 Å². The molecule has 2 rings (SSSR count). The van der Waals surface area contributed by atoms with E-state index in [4.69, 9.17) is 4.74 Å². The SMILES string of the molecule is CC[C@H](C)n1nccc1NC(=O)[C@H](C)Oc1cccnc1[N+](=O)[O-]. The van der Waals surface area contributed by atoms with Gasteiger partial charge in [-0.25, -0.2) is 4.68 Å². The van der Waals surface area contributed by atoms with Gasteiger partial charge in [-0.05, 0) is 42.3 Å². The number of nitrogens with one attached hydrogen (secondary N) is 1. The molecule has 0 saturated carbocycles. The van der Waals surface area contributed by atoms with Crippen molar-refractivity contribution in [2.75, 3.05) is 5.32 Å². The summed E-state index contributed by atoms with van der Waals surface area (Å²) in [6, 6.07) is 4.72. The summed E-state index contributed by atoms with van der Waals surface area (Å²) >= 11 is 0. The number of nitrogens with zero attached hydrogens (tertiary/aromatic N) is 4. The topological polar surface area (TPSA) is 112 Å². The standard InChI is InChI=1S/C15H19N5O4/c1-4-10(2)19-13(7-9-17-19)18-15(21)11(3)24-12-6-5-8-16-14(12)20(22)23/h5-11H,4H2,1-3H3,(H,18,21)/t10-,11-/m0/s1. The van der Waals surface area contributed by atoms with Gasteiger partial charge >= 0.3 is 5.82 Å². The van der Waals surface area contributed by atoms with Crippen LogP contribution in [-0.4, -0.2) is 31.7 Å². The molecule has 1 amide bonds. The van der Waals surface area contributed by atoms with Crippen LogP contribution >= 0.6 is 0 Å². The third kappa shape index (κ3) is 3.86. The van der Waals surface area contributed by atoms with E-state index in [2.05, 4.69) is 15.4 Å². The zero-order chi connectivity index (χ0) is 17.7. The third-order valence-electron chi connectivity index (χ3n) is 3.53. The molecule has 24 heavy (non-hydrogen) atoms. The van der Waals surface area contributed by atoms with Crippen LogP contribution in [0.5, 0.6) is 5.75 Å². The minimum atomic E-state index is -0.937. The van der Waals surface area contributed by atoms with Crippen molar-refractivity contribution in [2.24, 2.45) is 0 Å². The molecule has 2 aromatic rings. The van der Waals surface area contributed by atoms with Gasteiger partial charge in [-0.2, -0.15) is 5.10 Å². The van der Waals surface area contributed by atoms with Crippen LogP contribution in [0.3, 0.4) is 0 Å². The number of carbonyl (C=O) groups is 1. The van der Waals surface area contributed by atoms with Gasteiger partial charge in [0.1, 0.15) is 12.0 Å². The van der Waals surface area contributed by atoms with Crippen molar-refractivity contribution in [3.8, 4) is 5.75 Å². The van der Waals surface area contributed by atoms with Crippen molar-refractivity contribution < 1.29 is 14.5 Å². The summed E-state index contributed by atoms with van der Waals surface area (Å²) in [4.78, 5) is 26.2. The van der Waals surface area contributed by atoms with Gasteiger partial charge in [0.25, 0.3) is 5.91 Å². The fourth-order valence-electron chi connectivity index (χ4n) is 2.02. The highest BCUT2D eigenvalue weighted by atomic mass is 16.6. The molecule has 0 bridgehead atoms. The number of anilines is 1. The summed E-state index contributed by atoms with van der Waals surface area (Å²) in [5.74, 6) is -0.369. The Labute approximate surface area is 138 Å². The van der Waals surface area contributed by atoms with E-state index >= 15 is 0 Å². The Morgan fingerprint density at radius 2 is 2.17 bits per heavy atom. The summed E-state index contributed by atoms with van der Waals surface area (Å²) in [6.45, 7) is 5.52. The molecule has 0 saturated heterocycles. The smallest absolute Gasteiger partial charge is 0.406 e. The second-order valence-electron chi connectivity index (χ2n) is 5.25. The molecule has 0 aliphatic heterocycles. The Hall–Kier alpha value is -2.97. The zero-order valence-corrected chi connectivity index (χ0v) is 13.7. The van der Waals surface area contributed by atoms with Gasteiger partial charge in [-0.3, -0.25) is 4.79 Å². The van der Waals surface area contributed by atoms with E-state index in [-0.39, 0.29) is 11.8 Å². The summed E-state index contributed by atoms with van der Waals surface area (Å²) in [7, 11) is 0. The molecule has 0 aliphatic carbocycles. The monoisotopic (exact) mass is 333 g/mol. The lowest BCUT2D eigenvalue weighted by molar-refractivity contribution is -0.390. The molecule has 9 nitrogen and oxygen atoms in total. The van der Waals surface area contributed by atoms with Gasteiger partial charge in [0.15, 0.2) is 6.10 Å². The highest BCUT2D eigenvalue weighted by Gasteiger charge is 2.23. The molecule has 128 valence electrons. The highest BCUT2D eigenvalue weighted by molar-refractivity contribution is 5.93. The molecule has 0 unspecified atom stereocenters. The van der Waals surface area contributed by atoms with Crippen molar-refractivity contribution in [2.45, 2.75) is 39.3 Å². The molecule has 0 aromatic carbocycles. The van der Waals surface area contributed by atoms with E-state index in [1.807, 2.05) is 13.8 Å². The van der Waals surface area contributed by atoms with Crippen LogP contribution in [0.15, 0.2) is 30.6 Å². The number of nitro groups is 1. The Kier molecular flexibility index (Phi) is 5.46. The lowest BCUT2D eigenvalue weighted by Crippen LogP contribution is -2.31. The average molecular weight is 333 g/mol. The third-order valence-corrected chi connectivity index (χ3v) is 3.53. The van der Waals surface area contributed by atoms with E-state index in [1.165, 1.54) is 25.3 Å². The Balaban J connectivity index is 2.09. The van der Waals surface area contributed by atoms with Gasteiger partial charge in [0, 0.05) is 6.07 Å². The van der Waals surface area contributed by atoms with E-state index < -0.39 is 22.8 Å². The molecule has 1 N–H and O–H groups in total. The van der Waals surface area contributed by atoms with Crippen molar-refractivity contribution in [1.82, 2.24) is 14.8 Å². The second-order valence-corrected chi connectivity index (χ2v) is 5.25.